The fourth-order valence-corrected chi connectivity index (χ4v) is 6.21. The fraction of sp³-hybridized carbons (Fsp3) is 0.200. The van der Waals surface area contributed by atoms with E-state index >= 15 is 0 Å². The summed E-state index contributed by atoms with van der Waals surface area (Å²) in [5.41, 5.74) is 1.38. The first-order chi connectivity index (χ1) is 6.40. The summed E-state index contributed by atoms with van der Waals surface area (Å²) < 4.78 is 0.794. The van der Waals surface area contributed by atoms with E-state index in [4.69, 9.17) is 0 Å². The number of hydrogen-bond acceptors (Lipinski definition) is 2. The first-order valence-corrected chi connectivity index (χ1v) is 8.15. The molecule has 1 aliphatic heterocycles. The van der Waals surface area contributed by atoms with Crippen LogP contribution in [-0.4, -0.2) is 24.7 Å². The van der Waals surface area contributed by atoms with E-state index in [0.29, 0.717) is 15.0 Å². The molecule has 0 aromatic heterocycles. The van der Waals surface area contributed by atoms with Crippen molar-refractivity contribution in [3.8, 4) is 0 Å². The molecule has 2 rings (SSSR count). The molecule has 0 N–H and O–H groups in total. The Balaban J connectivity index is 2.12. The van der Waals surface area contributed by atoms with Crippen LogP contribution in [0.2, 0.25) is 0 Å². The second kappa shape index (κ2) is 4.61. The molecule has 0 aliphatic carbocycles. The Morgan fingerprint density at radius 2 is 2.08 bits per heavy atom. The van der Waals surface area contributed by atoms with Gasteiger partial charge in [0.05, 0.1) is 0 Å². The van der Waals surface area contributed by atoms with E-state index < -0.39 is 0 Å². The summed E-state index contributed by atoms with van der Waals surface area (Å²) in [4.78, 5) is 3.88. The normalized spacial score (nSPS) is 21.6. The van der Waals surface area contributed by atoms with Crippen LogP contribution in [0.1, 0.15) is 5.56 Å². The van der Waals surface area contributed by atoms with Gasteiger partial charge in [-0.25, -0.2) is 0 Å². The molecule has 13 heavy (non-hydrogen) atoms. The summed E-state index contributed by atoms with van der Waals surface area (Å²) in [5.74, 6) is 0. The van der Waals surface area contributed by atoms with E-state index in [1.807, 2.05) is 23.5 Å². The maximum atomic E-state index is 2.41. The summed E-state index contributed by atoms with van der Waals surface area (Å²) in [6.45, 7) is 0. The first-order valence-electron chi connectivity index (χ1n) is 4.00. The summed E-state index contributed by atoms with van der Waals surface area (Å²) >= 11 is 4.66. The number of thioether (sulfide) groups is 2. The molecular weight excluding hydrogens is 263 g/mol. The Labute approximate surface area is 93.7 Å². The molecule has 0 saturated carbocycles. The summed E-state index contributed by atoms with van der Waals surface area (Å²) in [7, 11) is 0. The third-order valence-corrected chi connectivity index (χ3v) is 8.37. The van der Waals surface area contributed by atoms with E-state index in [1.54, 1.807) is 0 Å². The number of benzene rings is 1. The molecule has 68 valence electrons. The van der Waals surface area contributed by atoms with Gasteiger partial charge in [0.1, 0.15) is 0 Å². The molecule has 0 bridgehead atoms. The molecule has 0 saturated heterocycles. The SMILES string of the molecule is CSC1SC(c2ccccc2)=C[Se]1. The second-order valence-electron chi connectivity index (χ2n) is 2.63. The van der Waals surface area contributed by atoms with Crippen molar-refractivity contribution in [1.29, 1.82) is 0 Å². The van der Waals surface area contributed by atoms with Gasteiger partial charge in [-0.15, -0.1) is 0 Å². The van der Waals surface area contributed by atoms with E-state index in [1.165, 1.54) is 10.5 Å². The van der Waals surface area contributed by atoms with Gasteiger partial charge in [-0.05, 0) is 0 Å². The van der Waals surface area contributed by atoms with Crippen LogP contribution in [0.25, 0.3) is 4.91 Å². The summed E-state index contributed by atoms with van der Waals surface area (Å²) in [6, 6.07) is 10.7. The van der Waals surface area contributed by atoms with Crippen molar-refractivity contribution in [2.45, 2.75) is 3.48 Å². The maximum absolute atomic E-state index is 2.41. The van der Waals surface area contributed by atoms with Crippen molar-refractivity contribution in [2.24, 2.45) is 0 Å². The van der Waals surface area contributed by atoms with Crippen LogP contribution in [0.4, 0.5) is 0 Å². The van der Waals surface area contributed by atoms with Crippen LogP contribution in [0.3, 0.4) is 0 Å². The Hall–Kier alpha value is 0.179. The van der Waals surface area contributed by atoms with Gasteiger partial charge in [0, 0.05) is 0 Å². The predicted molar refractivity (Wildman–Crippen MR) is 65.1 cm³/mol. The minimum atomic E-state index is 0.676. The Morgan fingerprint density at radius 3 is 2.69 bits per heavy atom. The van der Waals surface area contributed by atoms with Gasteiger partial charge in [0.2, 0.25) is 0 Å². The van der Waals surface area contributed by atoms with Crippen LogP contribution in [0.5, 0.6) is 0 Å². The van der Waals surface area contributed by atoms with Gasteiger partial charge in [-0.3, -0.25) is 0 Å². The summed E-state index contributed by atoms with van der Waals surface area (Å²) in [5, 5.41) is 0. The van der Waals surface area contributed by atoms with Crippen LogP contribution in [0.15, 0.2) is 35.3 Å². The van der Waals surface area contributed by atoms with Gasteiger partial charge in [0.25, 0.3) is 0 Å². The molecule has 1 atom stereocenters. The average Bonchev–Trinajstić information content (AvgIpc) is 2.67. The van der Waals surface area contributed by atoms with Crippen LogP contribution in [0, 0.1) is 0 Å². The molecule has 0 amide bonds. The standard InChI is InChI=1S/C10H10S2Se/c1-11-10-12-9(7-13-10)8-5-3-2-4-6-8/h2-7,10H,1H3. The summed E-state index contributed by atoms with van der Waals surface area (Å²) in [6.07, 6.45) is 2.20. The molecule has 1 heterocycles. The van der Waals surface area contributed by atoms with Gasteiger partial charge in [0.15, 0.2) is 0 Å². The van der Waals surface area contributed by atoms with Crippen molar-refractivity contribution < 1.29 is 0 Å². The van der Waals surface area contributed by atoms with Gasteiger partial charge in [-0.1, -0.05) is 0 Å². The molecule has 0 nitrogen and oxygen atoms in total. The van der Waals surface area contributed by atoms with E-state index in [-0.39, 0.29) is 0 Å². The van der Waals surface area contributed by atoms with E-state index in [0.717, 1.165) is 3.48 Å². The molecule has 1 aliphatic rings. The molecule has 1 unspecified atom stereocenters. The minimum absolute atomic E-state index is 0.676. The Bertz CT molecular complexity index is 308. The third kappa shape index (κ3) is 2.35. The molecule has 0 radical (unpaired) electrons. The molecule has 0 fully saturated rings. The van der Waals surface area contributed by atoms with Crippen molar-refractivity contribution in [2.75, 3.05) is 6.26 Å². The monoisotopic (exact) mass is 274 g/mol. The Kier molecular flexibility index (Phi) is 3.45. The zero-order valence-electron chi connectivity index (χ0n) is 7.27. The molecule has 1 aromatic carbocycles. The zero-order valence-corrected chi connectivity index (χ0v) is 10.6. The predicted octanol–water partition coefficient (Wildman–Crippen LogP) is 3.08. The van der Waals surface area contributed by atoms with Crippen LogP contribution < -0.4 is 0 Å². The van der Waals surface area contributed by atoms with Crippen molar-refractivity contribution in [1.82, 2.24) is 0 Å². The van der Waals surface area contributed by atoms with Crippen LogP contribution >= 0.6 is 23.5 Å². The molecular formula is C10H10S2Se. The number of hydrogen-bond donors (Lipinski definition) is 0. The van der Waals surface area contributed by atoms with Crippen molar-refractivity contribution in [3.63, 3.8) is 0 Å². The molecule has 3 heteroatoms. The first kappa shape index (κ1) is 9.72. The molecule has 1 aromatic rings. The molecule has 0 spiro atoms. The Morgan fingerprint density at radius 1 is 1.31 bits per heavy atom. The second-order valence-corrected chi connectivity index (χ2v) is 8.42. The number of rotatable bonds is 2. The van der Waals surface area contributed by atoms with Crippen LogP contribution in [-0.2, 0) is 0 Å². The van der Waals surface area contributed by atoms with Gasteiger partial charge >= 0.3 is 94.0 Å². The topological polar surface area (TPSA) is 0 Å². The van der Waals surface area contributed by atoms with Gasteiger partial charge < -0.3 is 0 Å². The van der Waals surface area contributed by atoms with Crippen molar-refractivity contribution >= 4 is 43.4 Å². The fourth-order valence-electron chi connectivity index (χ4n) is 1.12. The van der Waals surface area contributed by atoms with Crippen molar-refractivity contribution in [3.05, 3.63) is 40.9 Å². The van der Waals surface area contributed by atoms with E-state index in [9.17, 15) is 0 Å². The van der Waals surface area contributed by atoms with E-state index in [2.05, 4.69) is 41.6 Å². The zero-order chi connectivity index (χ0) is 9.10. The van der Waals surface area contributed by atoms with Gasteiger partial charge in [-0.2, -0.15) is 0 Å². The quantitative estimate of drug-likeness (QED) is 0.759. The third-order valence-electron chi connectivity index (χ3n) is 1.76. The average molecular weight is 273 g/mol.